The molecule has 0 aliphatic carbocycles. The van der Waals surface area contributed by atoms with E-state index in [9.17, 15) is 19.5 Å². The smallest absolute Gasteiger partial charge is 0.407 e. The first-order valence-electron chi connectivity index (χ1n) is 10.2. The molecule has 11 heteroatoms. The van der Waals surface area contributed by atoms with Crippen molar-refractivity contribution in [3.05, 3.63) is 32.8 Å². The van der Waals surface area contributed by atoms with E-state index in [0.717, 1.165) is 4.90 Å². The topological polar surface area (TPSA) is 125 Å². The highest BCUT2D eigenvalue weighted by Gasteiger charge is 2.38. The zero-order valence-electron chi connectivity index (χ0n) is 18.5. The Balaban J connectivity index is 2.04. The van der Waals surface area contributed by atoms with E-state index in [1.54, 1.807) is 24.9 Å². The molecule has 174 valence electrons. The molecule has 0 spiro atoms. The molecule has 1 aliphatic rings. The highest BCUT2D eigenvalue weighted by molar-refractivity contribution is 6.34. The van der Waals surface area contributed by atoms with Crippen LogP contribution in [0.5, 0.6) is 5.75 Å². The van der Waals surface area contributed by atoms with Gasteiger partial charge in [-0.25, -0.2) is 9.78 Å². The molecule has 1 fully saturated rings. The van der Waals surface area contributed by atoms with E-state index in [4.69, 9.17) is 21.4 Å². The minimum absolute atomic E-state index is 0.0583. The van der Waals surface area contributed by atoms with E-state index in [0.29, 0.717) is 35.4 Å². The van der Waals surface area contributed by atoms with Gasteiger partial charge in [0.05, 0.1) is 23.4 Å². The van der Waals surface area contributed by atoms with Crippen LogP contribution in [0.3, 0.4) is 0 Å². The van der Waals surface area contributed by atoms with Crippen LogP contribution in [-0.2, 0) is 17.4 Å². The van der Waals surface area contributed by atoms with Crippen molar-refractivity contribution in [1.29, 1.82) is 0 Å². The Morgan fingerprint density at radius 1 is 1.34 bits per heavy atom. The number of aryl methyl sites for hydroxylation is 2. The molecule has 0 radical (unpaired) electrons. The minimum Gasteiger partial charge on any atom is -0.488 e. The van der Waals surface area contributed by atoms with Crippen molar-refractivity contribution in [2.24, 2.45) is 7.05 Å². The highest BCUT2D eigenvalue weighted by atomic mass is 35.5. The van der Waals surface area contributed by atoms with Crippen LogP contribution in [0.25, 0.3) is 10.9 Å². The third-order valence-corrected chi connectivity index (χ3v) is 6.27. The molecular formula is C21H27ClN4O6. The number of carbonyl (C=O) groups is 2. The van der Waals surface area contributed by atoms with Crippen LogP contribution >= 0.6 is 11.6 Å². The summed E-state index contributed by atoms with van der Waals surface area (Å²) in [6.07, 6.45) is -0.616. The van der Waals surface area contributed by atoms with Gasteiger partial charge in [0.25, 0.3) is 5.56 Å². The molecule has 0 bridgehead atoms. The lowest BCUT2D eigenvalue weighted by Gasteiger charge is -2.38. The number of hydrogen-bond acceptors (Lipinski definition) is 6. The van der Waals surface area contributed by atoms with Gasteiger partial charge in [-0.2, -0.15) is 0 Å². The zero-order valence-corrected chi connectivity index (χ0v) is 19.3. The van der Waals surface area contributed by atoms with Crippen LogP contribution in [-0.4, -0.2) is 74.9 Å². The summed E-state index contributed by atoms with van der Waals surface area (Å²) in [6.45, 7) is 4.03. The number of aromatic nitrogens is 2. The Bertz CT molecular complexity index is 1120. The maximum absolute atomic E-state index is 13.3. The van der Waals surface area contributed by atoms with Crippen LogP contribution < -0.4 is 10.3 Å². The molecule has 1 aliphatic heterocycles. The van der Waals surface area contributed by atoms with Gasteiger partial charge in [-0.1, -0.05) is 11.6 Å². The van der Waals surface area contributed by atoms with Crippen molar-refractivity contribution >= 4 is 34.5 Å². The number of ether oxygens (including phenoxy) is 1. The fraction of sp³-hybridized carbons (Fsp3) is 0.524. The van der Waals surface area contributed by atoms with Crippen molar-refractivity contribution in [2.75, 3.05) is 33.3 Å². The molecule has 0 saturated carbocycles. The number of carboxylic acid groups (broad SMARTS) is 1. The molecule has 1 saturated heterocycles. The number of pyridine rings is 2. The highest BCUT2D eigenvalue weighted by Crippen LogP contribution is 2.36. The van der Waals surface area contributed by atoms with E-state index in [-0.39, 0.29) is 42.6 Å². The number of likely N-dealkylation sites (tertiary alicyclic amines) is 1. The maximum Gasteiger partial charge on any atom is 0.407 e. The number of piperidine rings is 1. The van der Waals surface area contributed by atoms with Gasteiger partial charge in [-0.15, -0.1) is 0 Å². The molecule has 0 aromatic carbocycles. The van der Waals surface area contributed by atoms with Crippen LogP contribution in [0, 0.1) is 6.92 Å². The summed E-state index contributed by atoms with van der Waals surface area (Å²) in [7, 11) is 2.99. The standard InChI is InChI=1S/C21H27ClN4O6/c1-12-17(32-10-9-24(3)20(29)30)16-14(18(22)23-12)11-15(19(28)25(16)4)21(31)5-7-26(8-6-21)13(2)27/h11,31H,5-10H2,1-4H3,(H,29,30). The number of hydrogen-bond donors (Lipinski definition) is 2. The molecule has 2 aromatic rings. The van der Waals surface area contributed by atoms with Crippen LogP contribution in [0.2, 0.25) is 5.15 Å². The van der Waals surface area contributed by atoms with Gasteiger partial charge < -0.3 is 29.3 Å². The summed E-state index contributed by atoms with van der Waals surface area (Å²) < 4.78 is 7.19. The number of aliphatic hydroxyl groups is 1. The molecule has 2 amide bonds. The van der Waals surface area contributed by atoms with Gasteiger partial charge in [0.2, 0.25) is 5.91 Å². The number of nitrogens with zero attached hydrogens (tertiary/aromatic N) is 4. The summed E-state index contributed by atoms with van der Waals surface area (Å²) in [5, 5.41) is 20.9. The SMILES string of the molecule is CC(=O)N1CCC(O)(c2cc3c(Cl)nc(C)c(OCCN(C)C(=O)O)c3n(C)c2=O)CC1. The summed E-state index contributed by atoms with van der Waals surface area (Å²) in [5.74, 6) is 0.254. The molecule has 3 heterocycles. The summed E-state index contributed by atoms with van der Waals surface area (Å²) in [4.78, 5) is 42.9. The van der Waals surface area contributed by atoms with E-state index < -0.39 is 17.3 Å². The Hall–Kier alpha value is -2.85. The predicted octanol–water partition coefficient (Wildman–Crippen LogP) is 1.71. The van der Waals surface area contributed by atoms with Gasteiger partial charge in [-0.3, -0.25) is 9.59 Å². The second-order valence-electron chi connectivity index (χ2n) is 8.09. The second-order valence-corrected chi connectivity index (χ2v) is 8.45. The average Bonchev–Trinajstić information content (AvgIpc) is 2.72. The zero-order chi connectivity index (χ0) is 23.8. The molecule has 10 nitrogen and oxygen atoms in total. The Kier molecular flexibility index (Phi) is 6.66. The van der Waals surface area contributed by atoms with Crippen LogP contribution in [0.15, 0.2) is 10.9 Å². The monoisotopic (exact) mass is 466 g/mol. The van der Waals surface area contributed by atoms with Gasteiger partial charge in [0.15, 0.2) is 5.75 Å². The van der Waals surface area contributed by atoms with E-state index in [2.05, 4.69) is 4.98 Å². The van der Waals surface area contributed by atoms with Gasteiger partial charge in [-0.05, 0) is 25.8 Å². The number of rotatable bonds is 5. The van der Waals surface area contributed by atoms with Gasteiger partial charge in [0, 0.05) is 45.1 Å². The second kappa shape index (κ2) is 8.95. The Morgan fingerprint density at radius 3 is 2.53 bits per heavy atom. The lowest BCUT2D eigenvalue weighted by Crippen LogP contribution is -2.47. The minimum atomic E-state index is -1.39. The average molecular weight is 467 g/mol. The molecule has 32 heavy (non-hydrogen) atoms. The molecule has 2 N–H and O–H groups in total. The van der Waals surface area contributed by atoms with Crippen molar-refractivity contribution in [1.82, 2.24) is 19.4 Å². The van der Waals surface area contributed by atoms with Gasteiger partial charge >= 0.3 is 6.09 Å². The third kappa shape index (κ3) is 4.37. The Labute approximate surface area is 190 Å². The normalized spacial score (nSPS) is 15.6. The molecule has 0 unspecified atom stereocenters. The van der Waals surface area contributed by atoms with Crippen LogP contribution in [0.4, 0.5) is 4.79 Å². The fourth-order valence-corrected chi connectivity index (χ4v) is 4.22. The Morgan fingerprint density at radius 2 is 1.97 bits per heavy atom. The fourth-order valence-electron chi connectivity index (χ4n) is 3.95. The van der Waals surface area contributed by atoms with E-state index in [1.165, 1.54) is 18.5 Å². The largest absolute Gasteiger partial charge is 0.488 e. The summed E-state index contributed by atoms with van der Waals surface area (Å²) in [5.41, 5.74) is -0.727. The first kappa shape index (κ1) is 23.8. The predicted molar refractivity (Wildman–Crippen MR) is 118 cm³/mol. The third-order valence-electron chi connectivity index (χ3n) is 5.98. The summed E-state index contributed by atoms with van der Waals surface area (Å²) >= 11 is 6.40. The molecule has 2 aromatic heterocycles. The number of likely N-dealkylation sites (N-methyl/N-ethyl adjacent to an activating group) is 1. The molecule has 3 rings (SSSR count). The number of carbonyl (C=O) groups excluding carboxylic acids is 1. The van der Waals surface area contributed by atoms with E-state index >= 15 is 0 Å². The van der Waals surface area contributed by atoms with Crippen molar-refractivity contribution in [2.45, 2.75) is 32.3 Å². The molecular weight excluding hydrogens is 440 g/mol. The maximum atomic E-state index is 13.3. The first-order valence-corrected chi connectivity index (χ1v) is 10.6. The summed E-state index contributed by atoms with van der Waals surface area (Å²) in [6, 6.07) is 1.55. The first-order chi connectivity index (χ1) is 15.0. The van der Waals surface area contributed by atoms with Crippen molar-refractivity contribution < 1.29 is 24.5 Å². The quantitative estimate of drug-likeness (QED) is 0.642. The van der Waals surface area contributed by atoms with Crippen molar-refractivity contribution in [3.8, 4) is 5.75 Å². The van der Waals surface area contributed by atoms with Crippen LogP contribution in [0.1, 0.15) is 31.0 Å². The number of amides is 2. The number of fused-ring (bicyclic) bond motifs is 1. The lowest BCUT2D eigenvalue weighted by molar-refractivity contribution is -0.133. The van der Waals surface area contributed by atoms with Gasteiger partial charge in [0.1, 0.15) is 11.8 Å². The van der Waals surface area contributed by atoms with E-state index in [1.807, 2.05) is 0 Å². The number of halogens is 1. The molecule has 0 atom stereocenters. The lowest BCUT2D eigenvalue weighted by atomic mass is 9.84. The van der Waals surface area contributed by atoms with Crippen molar-refractivity contribution in [3.63, 3.8) is 0 Å².